The summed E-state index contributed by atoms with van der Waals surface area (Å²) < 4.78 is 26.5. The Balaban J connectivity index is 1.65. The van der Waals surface area contributed by atoms with Crippen molar-refractivity contribution in [1.82, 2.24) is 4.98 Å². The summed E-state index contributed by atoms with van der Waals surface area (Å²) in [6, 6.07) is 7.93. The van der Waals surface area contributed by atoms with E-state index >= 15 is 0 Å². The molecule has 3 N–H and O–H groups in total. The number of benzene rings is 1. The number of ketones is 1. The van der Waals surface area contributed by atoms with Crippen molar-refractivity contribution in [3.05, 3.63) is 48.3 Å². The molecule has 3 heterocycles. The van der Waals surface area contributed by atoms with Crippen molar-refractivity contribution in [2.24, 2.45) is 4.99 Å². The highest BCUT2D eigenvalue weighted by molar-refractivity contribution is 7.93. The fraction of sp³-hybridized carbons (Fsp3) is 0.316. The van der Waals surface area contributed by atoms with E-state index in [4.69, 9.17) is 0 Å². The van der Waals surface area contributed by atoms with Gasteiger partial charge < -0.3 is 15.1 Å². The smallest absolute Gasteiger partial charge is 0.262 e. The van der Waals surface area contributed by atoms with Crippen LogP contribution in [0.3, 0.4) is 0 Å². The number of nitrogens with zero attached hydrogens (tertiary/aromatic N) is 3. The van der Waals surface area contributed by atoms with Gasteiger partial charge in [0.2, 0.25) is 5.78 Å². The second-order valence-electron chi connectivity index (χ2n) is 7.52. The van der Waals surface area contributed by atoms with Crippen molar-refractivity contribution in [2.45, 2.75) is 30.8 Å². The maximum absolute atomic E-state index is 12.8. The highest BCUT2D eigenvalue weighted by atomic mass is 32.2. The van der Waals surface area contributed by atoms with Crippen molar-refractivity contribution in [2.75, 3.05) is 16.2 Å². The van der Waals surface area contributed by atoms with E-state index in [0.717, 1.165) is 0 Å². The number of carbonyl (C=O) groups excluding carboxylic acids is 1. The molecule has 4 rings (SSSR count). The monoisotopic (exact) mass is 416 g/mol. The van der Waals surface area contributed by atoms with Gasteiger partial charge >= 0.3 is 0 Å². The third-order valence-electron chi connectivity index (χ3n) is 5.06. The number of aliphatic hydroxyl groups is 2. The average Bonchev–Trinajstić information content (AvgIpc) is 2.99. The molecule has 0 aliphatic carbocycles. The molecule has 0 amide bonds. The van der Waals surface area contributed by atoms with Crippen LogP contribution in [0.5, 0.6) is 0 Å². The van der Waals surface area contributed by atoms with E-state index in [-0.39, 0.29) is 17.9 Å². The van der Waals surface area contributed by atoms with E-state index < -0.39 is 26.3 Å². The molecule has 0 radical (unpaired) electrons. The van der Waals surface area contributed by atoms with E-state index in [0.29, 0.717) is 23.5 Å². The van der Waals surface area contributed by atoms with Gasteiger partial charge in [0.1, 0.15) is 5.84 Å². The lowest BCUT2D eigenvalue weighted by Crippen LogP contribution is -2.48. The van der Waals surface area contributed by atoms with Crippen LogP contribution in [0, 0.1) is 0 Å². The molecular formula is C19H20N4O5S. The number of rotatable bonds is 4. The number of pyridine rings is 1. The zero-order chi connectivity index (χ0) is 21.0. The predicted octanol–water partition coefficient (Wildman–Crippen LogP) is 1.42. The van der Waals surface area contributed by atoms with Crippen molar-refractivity contribution < 1.29 is 23.4 Å². The Bertz CT molecular complexity index is 1120. The van der Waals surface area contributed by atoms with Gasteiger partial charge in [-0.1, -0.05) is 0 Å². The van der Waals surface area contributed by atoms with Gasteiger partial charge in [0, 0.05) is 30.5 Å². The lowest BCUT2D eigenvalue weighted by molar-refractivity contribution is 0.0602. The van der Waals surface area contributed by atoms with Crippen LogP contribution in [-0.4, -0.2) is 52.3 Å². The summed E-state index contributed by atoms with van der Waals surface area (Å²) >= 11 is 0. The number of anilines is 2. The largest absolute Gasteiger partial charge is 0.374 e. The summed E-state index contributed by atoms with van der Waals surface area (Å²) in [5, 5.41) is 20.8. The van der Waals surface area contributed by atoms with Gasteiger partial charge in [-0.2, -0.15) is 0 Å². The van der Waals surface area contributed by atoms with E-state index in [2.05, 4.69) is 14.7 Å². The molecule has 2 aliphatic heterocycles. The number of hydrogen-bond acceptors (Lipinski definition) is 8. The molecule has 29 heavy (non-hydrogen) atoms. The van der Waals surface area contributed by atoms with E-state index in [9.17, 15) is 23.4 Å². The minimum Gasteiger partial charge on any atom is -0.374 e. The van der Waals surface area contributed by atoms with Crippen LogP contribution in [0.4, 0.5) is 17.1 Å². The van der Waals surface area contributed by atoms with Gasteiger partial charge in [0.05, 0.1) is 17.4 Å². The minimum atomic E-state index is -3.98. The van der Waals surface area contributed by atoms with Crippen LogP contribution in [0.15, 0.2) is 47.7 Å². The quantitative estimate of drug-likeness (QED) is 0.687. The molecule has 0 spiro atoms. The summed E-state index contributed by atoms with van der Waals surface area (Å²) in [5.74, 6) is -0.176. The fourth-order valence-corrected chi connectivity index (χ4v) is 4.02. The SMILES string of the molecule is CC(C)(O)S(=O)(=O)Nc1ccc(N2CCC3(O)C(=O)c4ccncc4N=C23)cc1. The second kappa shape index (κ2) is 6.34. The molecule has 1 aromatic heterocycles. The summed E-state index contributed by atoms with van der Waals surface area (Å²) in [4.78, 5) is 21.1. The van der Waals surface area contributed by atoms with Crippen LogP contribution in [0.1, 0.15) is 30.6 Å². The topological polar surface area (TPSA) is 132 Å². The first-order chi connectivity index (χ1) is 13.5. The Hall–Kier alpha value is -2.82. The molecule has 0 bridgehead atoms. The van der Waals surface area contributed by atoms with E-state index in [1.807, 2.05) is 0 Å². The van der Waals surface area contributed by atoms with Gasteiger partial charge in [-0.25, -0.2) is 13.4 Å². The highest BCUT2D eigenvalue weighted by Crippen LogP contribution is 2.39. The highest BCUT2D eigenvalue weighted by Gasteiger charge is 2.52. The fourth-order valence-electron chi connectivity index (χ4n) is 3.33. The molecule has 1 aromatic carbocycles. The Morgan fingerprint density at radius 3 is 2.55 bits per heavy atom. The number of carbonyl (C=O) groups is 1. The van der Waals surface area contributed by atoms with Crippen LogP contribution in [0.25, 0.3) is 0 Å². The molecule has 1 unspecified atom stereocenters. The van der Waals surface area contributed by atoms with Gasteiger partial charge in [-0.15, -0.1) is 0 Å². The molecule has 2 aromatic rings. The molecule has 2 aliphatic rings. The normalized spacial score (nSPS) is 21.4. The van der Waals surface area contributed by atoms with Crippen LogP contribution in [-0.2, 0) is 10.0 Å². The maximum Gasteiger partial charge on any atom is 0.262 e. The maximum atomic E-state index is 12.8. The summed E-state index contributed by atoms with van der Waals surface area (Å²) in [7, 11) is -3.98. The van der Waals surface area contributed by atoms with Crippen LogP contribution < -0.4 is 9.62 Å². The first-order valence-electron chi connectivity index (χ1n) is 8.96. The Labute approximate surface area is 167 Å². The molecule has 1 saturated heterocycles. The zero-order valence-corrected chi connectivity index (χ0v) is 16.6. The third kappa shape index (κ3) is 3.09. The number of aromatic nitrogens is 1. The first kappa shape index (κ1) is 19.5. The average molecular weight is 416 g/mol. The first-order valence-corrected chi connectivity index (χ1v) is 10.4. The molecule has 10 heteroatoms. The van der Waals surface area contributed by atoms with Crippen LogP contribution >= 0.6 is 0 Å². The predicted molar refractivity (Wildman–Crippen MR) is 108 cm³/mol. The summed E-state index contributed by atoms with van der Waals surface area (Å²) in [6.07, 6.45) is 3.16. The lowest BCUT2D eigenvalue weighted by atomic mass is 9.88. The van der Waals surface area contributed by atoms with Crippen molar-refractivity contribution in [1.29, 1.82) is 0 Å². The lowest BCUT2D eigenvalue weighted by Gasteiger charge is -2.29. The van der Waals surface area contributed by atoms with Gasteiger partial charge in [0.25, 0.3) is 10.0 Å². The number of aliphatic imine (C=N–C) groups is 1. The van der Waals surface area contributed by atoms with Crippen molar-refractivity contribution in [3.63, 3.8) is 0 Å². The van der Waals surface area contributed by atoms with Gasteiger partial charge in [-0.3, -0.25) is 14.5 Å². The molecular weight excluding hydrogens is 396 g/mol. The third-order valence-corrected chi connectivity index (χ3v) is 6.88. The molecule has 1 fully saturated rings. The van der Waals surface area contributed by atoms with Crippen molar-refractivity contribution >= 4 is 38.7 Å². The Kier molecular flexibility index (Phi) is 4.26. The summed E-state index contributed by atoms with van der Waals surface area (Å²) in [6.45, 7) is 2.73. The Morgan fingerprint density at radius 2 is 1.90 bits per heavy atom. The number of Topliss-reactive ketones (excluding diaryl/α,β-unsaturated/α-hetero) is 1. The molecule has 1 atom stereocenters. The van der Waals surface area contributed by atoms with Gasteiger partial charge in [-0.05, 0) is 44.2 Å². The minimum absolute atomic E-state index is 0.194. The number of fused-ring (bicyclic) bond motifs is 2. The number of nitrogens with one attached hydrogen (secondary N) is 1. The Morgan fingerprint density at radius 1 is 1.21 bits per heavy atom. The number of hydrogen-bond donors (Lipinski definition) is 3. The van der Waals surface area contributed by atoms with Crippen molar-refractivity contribution in [3.8, 4) is 0 Å². The molecule has 152 valence electrons. The standard InChI is InChI=1S/C19H20N4O5S/c1-18(2,25)29(27,28)22-12-3-5-13(6-4-12)23-10-8-19(26)16(24)14-7-9-20-11-15(14)21-17(19)23/h3-7,9,11,22,25-26H,8,10H2,1-2H3. The second-order valence-corrected chi connectivity index (χ2v) is 9.73. The number of amidine groups is 1. The zero-order valence-electron chi connectivity index (χ0n) is 15.8. The number of sulfonamides is 1. The van der Waals surface area contributed by atoms with Gasteiger partial charge in [0.15, 0.2) is 10.5 Å². The van der Waals surface area contributed by atoms with Crippen LogP contribution in [0.2, 0.25) is 0 Å². The molecule has 9 nitrogen and oxygen atoms in total. The summed E-state index contributed by atoms with van der Waals surface area (Å²) in [5.41, 5.74) is -0.0362. The van der Waals surface area contributed by atoms with E-state index in [1.54, 1.807) is 23.1 Å². The molecule has 0 saturated carbocycles. The van der Waals surface area contributed by atoms with E-state index in [1.165, 1.54) is 38.4 Å².